The minimum atomic E-state index is -0.354. The molecular weight excluding hydrogens is 432 g/mol. The quantitative estimate of drug-likeness (QED) is 0.306. The van der Waals surface area contributed by atoms with E-state index in [1.54, 1.807) is 12.1 Å². The molecule has 1 aliphatic heterocycles. The maximum Gasteiger partial charge on any atom is 0.308 e. The molecule has 0 spiro atoms. The second-order valence-corrected chi connectivity index (χ2v) is 7.84. The first kappa shape index (κ1) is 22.9. The molecule has 0 amide bonds. The summed E-state index contributed by atoms with van der Waals surface area (Å²) in [6.07, 6.45) is 0.299. The highest BCUT2D eigenvalue weighted by Crippen LogP contribution is 2.38. The van der Waals surface area contributed by atoms with Gasteiger partial charge in [-0.1, -0.05) is 30.0 Å². The molecule has 0 fully saturated rings. The van der Waals surface area contributed by atoms with E-state index in [0.717, 1.165) is 28.0 Å². The van der Waals surface area contributed by atoms with Crippen LogP contribution in [0.4, 0.5) is 0 Å². The summed E-state index contributed by atoms with van der Waals surface area (Å²) in [4.78, 5) is 22.6. The predicted molar refractivity (Wildman–Crippen MR) is 126 cm³/mol. The molecule has 3 aromatic rings. The zero-order valence-corrected chi connectivity index (χ0v) is 19.0. The van der Waals surface area contributed by atoms with E-state index in [0.29, 0.717) is 31.1 Å². The van der Waals surface area contributed by atoms with Gasteiger partial charge >= 0.3 is 11.9 Å². The SMILES string of the molecule is COC(=O)CC1COc2cc(OCc3cccc(C#Cc4ccc(OC(C)=O)cc4)c3)ccc21. The summed E-state index contributed by atoms with van der Waals surface area (Å²) in [7, 11) is 1.39. The van der Waals surface area contributed by atoms with Crippen molar-refractivity contribution in [2.24, 2.45) is 0 Å². The van der Waals surface area contributed by atoms with Crippen molar-refractivity contribution in [3.8, 4) is 29.1 Å². The minimum Gasteiger partial charge on any atom is -0.492 e. The van der Waals surface area contributed by atoms with Crippen LogP contribution in [0.15, 0.2) is 66.7 Å². The molecule has 1 aliphatic rings. The van der Waals surface area contributed by atoms with Crippen molar-refractivity contribution in [2.45, 2.75) is 25.9 Å². The van der Waals surface area contributed by atoms with Crippen LogP contribution in [-0.2, 0) is 20.9 Å². The molecule has 1 atom stereocenters. The molecule has 34 heavy (non-hydrogen) atoms. The van der Waals surface area contributed by atoms with Crippen molar-refractivity contribution < 1.29 is 28.5 Å². The number of fused-ring (bicyclic) bond motifs is 1. The van der Waals surface area contributed by atoms with Crippen molar-refractivity contribution in [2.75, 3.05) is 13.7 Å². The molecule has 1 heterocycles. The Morgan fingerprint density at radius 3 is 2.50 bits per heavy atom. The largest absolute Gasteiger partial charge is 0.492 e. The molecule has 0 radical (unpaired) electrons. The van der Waals surface area contributed by atoms with Crippen molar-refractivity contribution in [1.82, 2.24) is 0 Å². The normalized spacial score (nSPS) is 13.6. The van der Waals surface area contributed by atoms with Crippen molar-refractivity contribution >= 4 is 11.9 Å². The first-order valence-electron chi connectivity index (χ1n) is 10.9. The lowest BCUT2D eigenvalue weighted by atomic mass is 9.98. The maximum absolute atomic E-state index is 11.6. The van der Waals surface area contributed by atoms with Gasteiger partial charge in [0, 0.05) is 35.6 Å². The molecule has 4 rings (SSSR count). The molecule has 0 bridgehead atoms. The highest BCUT2D eigenvalue weighted by atomic mass is 16.5. The van der Waals surface area contributed by atoms with Gasteiger partial charge in [-0.25, -0.2) is 0 Å². The van der Waals surface area contributed by atoms with Crippen LogP contribution >= 0.6 is 0 Å². The van der Waals surface area contributed by atoms with Gasteiger partial charge in [0.05, 0.1) is 20.1 Å². The third-order valence-electron chi connectivity index (χ3n) is 5.31. The van der Waals surface area contributed by atoms with Crippen molar-refractivity contribution in [1.29, 1.82) is 0 Å². The summed E-state index contributed by atoms with van der Waals surface area (Å²) in [6.45, 7) is 2.21. The van der Waals surface area contributed by atoms with Gasteiger partial charge < -0.3 is 18.9 Å². The zero-order chi connectivity index (χ0) is 23.9. The summed E-state index contributed by atoms with van der Waals surface area (Å²) < 4.78 is 21.5. The van der Waals surface area contributed by atoms with E-state index in [9.17, 15) is 9.59 Å². The first-order chi connectivity index (χ1) is 16.5. The molecule has 6 nitrogen and oxygen atoms in total. The lowest BCUT2D eigenvalue weighted by Gasteiger charge is -2.09. The van der Waals surface area contributed by atoms with E-state index in [1.807, 2.05) is 54.6 Å². The fraction of sp³-hybridized carbons (Fsp3) is 0.214. The molecule has 0 aromatic heterocycles. The number of hydrogen-bond donors (Lipinski definition) is 0. The van der Waals surface area contributed by atoms with Gasteiger partial charge in [-0.15, -0.1) is 0 Å². The number of hydrogen-bond acceptors (Lipinski definition) is 6. The average Bonchev–Trinajstić information content (AvgIpc) is 3.24. The molecule has 0 saturated heterocycles. The number of rotatable bonds is 6. The van der Waals surface area contributed by atoms with Crippen LogP contribution in [-0.4, -0.2) is 25.7 Å². The van der Waals surface area contributed by atoms with Crippen LogP contribution in [0.5, 0.6) is 17.2 Å². The van der Waals surface area contributed by atoms with Crippen LogP contribution in [0.25, 0.3) is 0 Å². The van der Waals surface area contributed by atoms with Crippen LogP contribution in [0, 0.1) is 11.8 Å². The van der Waals surface area contributed by atoms with Crippen LogP contribution in [0.3, 0.4) is 0 Å². The average molecular weight is 456 g/mol. The molecule has 6 heteroatoms. The van der Waals surface area contributed by atoms with E-state index in [4.69, 9.17) is 18.9 Å². The molecule has 0 saturated carbocycles. The van der Waals surface area contributed by atoms with Crippen LogP contribution < -0.4 is 14.2 Å². The van der Waals surface area contributed by atoms with E-state index in [2.05, 4.69) is 11.8 Å². The molecular formula is C28H24O6. The van der Waals surface area contributed by atoms with E-state index in [1.165, 1.54) is 14.0 Å². The van der Waals surface area contributed by atoms with Crippen LogP contribution in [0.2, 0.25) is 0 Å². The van der Waals surface area contributed by atoms with Gasteiger partial charge in [0.15, 0.2) is 0 Å². The third kappa shape index (κ3) is 5.96. The Hall–Kier alpha value is -4.24. The predicted octanol–water partition coefficient (Wildman–Crippen LogP) is 4.63. The number of carbonyl (C=O) groups is 2. The van der Waals surface area contributed by atoms with Gasteiger partial charge in [0.1, 0.15) is 23.9 Å². The smallest absolute Gasteiger partial charge is 0.308 e. The molecule has 0 aliphatic carbocycles. The van der Waals surface area contributed by atoms with Crippen molar-refractivity contribution in [3.05, 3.63) is 89.0 Å². The fourth-order valence-corrected chi connectivity index (χ4v) is 3.62. The Morgan fingerprint density at radius 2 is 1.74 bits per heavy atom. The number of ether oxygens (including phenoxy) is 4. The van der Waals surface area contributed by atoms with E-state index < -0.39 is 0 Å². The lowest BCUT2D eigenvalue weighted by molar-refractivity contribution is -0.141. The maximum atomic E-state index is 11.6. The Balaban J connectivity index is 1.37. The standard InChI is InChI=1S/C28H24O6/c1-19(29)34-24-10-8-20(9-11-24)6-7-21-4-3-5-22(14-21)17-32-25-12-13-26-23(15-28(30)31-2)18-33-27(26)16-25/h3-5,8-14,16,23H,15,17-18H2,1-2H3. The van der Waals surface area contributed by atoms with E-state index in [-0.39, 0.29) is 17.9 Å². The zero-order valence-electron chi connectivity index (χ0n) is 19.0. The topological polar surface area (TPSA) is 71.1 Å². The highest BCUT2D eigenvalue weighted by Gasteiger charge is 2.27. The van der Waals surface area contributed by atoms with Gasteiger partial charge in [-0.3, -0.25) is 9.59 Å². The van der Waals surface area contributed by atoms with Gasteiger partial charge in [-0.05, 0) is 48.0 Å². The van der Waals surface area contributed by atoms with E-state index >= 15 is 0 Å². The number of carbonyl (C=O) groups excluding carboxylic acids is 2. The number of esters is 2. The minimum absolute atomic E-state index is 0.00428. The van der Waals surface area contributed by atoms with Crippen molar-refractivity contribution in [3.63, 3.8) is 0 Å². The summed E-state index contributed by atoms with van der Waals surface area (Å²) in [6, 6.07) is 20.6. The first-order valence-corrected chi connectivity index (χ1v) is 10.9. The second kappa shape index (κ2) is 10.6. The van der Waals surface area contributed by atoms with Gasteiger partial charge in [0.25, 0.3) is 0 Å². The third-order valence-corrected chi connectivity index (χ3v) is 5.31. The summed E-state index contributed by atoms with van der Waals surface area (Å²) in [5.74, 6) is 7.59. The molecule has 172 valence electrons. The van der Waals surface area contributed by atoms with Gasteiger partial charge in [-0.2, -0.15) is 0 Å². The van der Waals surface area contributed by atoms with Gasteiger partial charge in [0.2, 0.25) is 0 Å². The Kier molecular flexibility index (Phi) is 7.14. The Bertz CT molecular complexity index is 1250. The highest BCUT2D eigenvalue weighted by molar-refractivity contribution is 5.71. The number of benzene rings is 3. The Labute approximate surface area is 198 Å². The Morgan fingerprint density at radius 1 is 0.971 bits per heavy atom. The summed E-state index contributed by atoms with van der Waals surface area (Å²) >= 11 is 0. The van der Waals surface area contributed by atoms with Crippen LogP contribution in [0.1, 0.15) is 41.5 Å². The molecule has 3 aromatic carbocycles. The summed E-state index contributed by atoms with van der Waals surface area (Å²) in [5, 5.41) is 0. The molecule has 0 N–H and O–H groups in total. The number of methoxy groups -OCH3 is 1. The lowest BCUT2D eigenvalue weighted by Crippen LogP contribution is -2.09. The monoisotopic (exact) mass is 456 g/mol. The summed E-state index contributed by atoms with van der Waals surface area (Å²) in [5.41, 5.74) is 3.67. The fourth-order valence-electron chi connectivity index (χ4n) is 3.62. The second-order valence-electron chi connectivity index (χ2n) is 7.84. The molecule has 1 unspecified atom stereocenters.